The summed E-state index contributed by atoms with van der Waals surface area (Å²) in [5, 5.41) is 13.3. The van der Waals surface area contributed by atoms with Crippen LogP contribution in [-0.2, 0) is 9.59 Å². The van der Waals surface area contributed by atoms with Gasteiger partial charge in [0, 0.05) is 6.42 Å². The molecule has 7 nitrogen and oxygen atoms in total. The number of carbonyl (C=O) groups excluding carboxylic acids is 2. The van der Waals surface area contributed by atoms with Gasteiger partial charge in [0.15, 0.2) is 0 Å². The van der Waals surface area contributed by atoms with Crippen molar-refractivity contribution in [3.63, 3.8) is 0 Å². The summed E-state index contributed by atoms with van der Waals surface area (Å²) in [6.45, 7) is 1.75. The Hall–Kier alpha value is -2.23. The van der Waals surface area contributed by atoms with Crippen LogP contribution in [0.25, 0.3) is 0 Å². The van der Waals surface area contributed by atoms with Crippen LogP contribution in [0.2, 0.25) is 0 Å². The van der Waals surface area contributed by atoms with Gasteiger partial charge in [-0.05, 0) is 13.3 Å². The Morgan fingerprint density at radius 3 is 2.53 bits per heavy atom. The zero-order valence-electron chi connectivity index (χ0n) is 9.45. The fourth-order valence-corrected chi connectivity index (χ4v) is 0.966. The Morgan fingerprint density at radius 1 is 1.41 bits per heavy atom. The van der Waals surface area contributed by atoms with E-state index >= 15 is 0 Å². The highest BCUT2D eigenvalue weighted by Gasteiger charge is 2.19. The number of rotatable bonds is 6. The van der Waals surface area contributed by atoms with Gasteiger partial charge in [-0.15, -0.1) is 5.92 Å². The molecule has 0 bridgehead atoms. The first-order valence-electron chi connectivity index (χ1n) is 4.92. The molecule has 0 radical (unpaired) electrons. The maximum absolute atomic E-state index is 11.2. The molecule has 94 valence electrons. The van der Waals surface area contributed by atoms with Crippen LogP contribution in [-0.4, -0.2) is 35.6 Å². The van der Waals surface area contributed by atoms with E-state index in [1.54, 1.807) is 6.92 Å². The molecule has 0 aromatic carbocycles. The highest BCUT2D eigenvalue weighted by Crippen LogP contribution is 1.97. The number of hydrogen-bond acceptors (Lipinski definition) is 3. The van der Waals surface area contributed by atoms with Crippen molar-refractivity contribution in [2.45, 2.75) is 25.8 Å². The predicted octanol–water partition coefficient (Wildman–Crippen LogP) is -0.972. The third kappa shape index (κ3) is 7.67. The molecule has 0 aromatic heterocycles. The van der Waals surface area contributed by atoms with E-state index in [4.69, 9.17) is 10.8 Å². The second-order valence-electron chi connectivity index (χ2n) is 3.15. The SMILES string of the molecule is CC#CCNC(=O)N[C@H](CCC(N)=O)C(=O)O. The van der Waals surface area contributed by atoms with Crippen LogP contribution < -0.4 is 16.4 Å². The number of hydrogen-bond donors (Lipinski definition) is 4. The van der Waals surface area contributed by atoms with Gasteiger partial charge >= 0.3 is 12.0 Å². The maximum Gasteiger partial charge on any atom is 0.326 e. The van der Waals surface area contributed by atoms with E-state index in [0.29, 0.717) is 0 Å². The summed E-state index contributed by atoms with van der Waals surface area (Å²) in [6, 6.07) is -1.79. The number of carbonyl (C=O) groups is 3. The first-order valence-corrected chi connectivity index (χ1v) is 4.92. The van der Waals surface area contributed by atoms with Crippen LogP contribution in [0.4, 0.5) is 4.79 Å². The van der Waals surface area contributed by atoms with Gasteiger partial charge in [-0.1, -0.05) is 5.92 Å². The standard InChI is InChI=1S/C10H15N3O4/c1-2-3-6-12-10(17)13-7(9(15)16)4-5-8(11)14/h7H,4-6H2,1H3,(H2,11,14)(H,15,16)(H2,12,13,17)/t7-/m1/s1. The summed E-state index contributed by atoms with van der Waals surface area (Å²) in [5.74, 6) is 3.32. The van der Waals surface area contributed by atoms with E-state index in [1.165, 1.54) is 0 Å². The molecule has 7 heteroatoms. The molecule has 0 saturated carbocycles. The van der Waals surface area contributed by atoms with Crippen LogP contribution in [0.1, 0.15) is 19.8 Å². The molecule has 0 heterocycles. The number of urea groups is 1. The van der Waals surface area contributed by atoms with Crippen molar-refractivity contribution in [3.05, 3.63) is 0 Å². The van der Waals surface area contributed by atoms with E-state index in [9.17, 15) is 14.4 Å². The Labute approximate surface area is 98.7 Å². The van der Waals surface area contributed by atoms with Crippen molar-refractivity contribution in [1.82, 2.24) is 10.6 Å². The molecular weight excluding hydrogens is 226 g/mol. The minimum absolute atomic E-state index is 0.0441. The van der Waals surface area contributed by atoms with Crippen LogP contribution in [0.5, 0.6) is 0 Å². The van der Waals surface area contributed by atoms with E-state index in [1.807, 2.05) is 0 Å². The van der Waals surface area contributed by atoms with Gasteiger partial charge in [0.25, 0.3) is 0 Å². The molecule has 0 fully saturated rings. The quantitative estimate of drug-likeness (QED) is 0.447. The Balaban J connectivity index is 4.13. The Kier molecular flexibility index (Phi) is 6.94. The van der Waals surface area contributed by atoms with Crippen LogP contribution in [0.3, 0.4) is 0 Å². The van der Waals surface area contributed by atoms with Gasteiger partial charge in [-0.25, -0.2) is 9.59 Å². The lowest BCUT2D eigenvalue weighted by Crippen LogP contribution is -2.46. The molecule has 17 heavy (non-hydrogen) atoms. The smallest absolute Gasteiger partial charge is 0.326 e. The monoisotopic (exact) mass is 241 g/mol. The van der Waals surface area contributed by atoms with E-state index in [2.05, 4.69) is 22.5 Å². The summed E-state index contributed by atoms with van der Waals surface area (Å²) >= 11 is 0. The molecule has 0 spiro atoms. The predicted molar refractivity (Wildman–Crippen MR) is 59.8 cm³/mol. The molecule has 3 amide bonds. The summed E-state index contributed by atoms with van der Waals surface area (Å²) < 4.78 is 0. The fraction of sp³-hybridized carbons (Fsp3) is 0.500. The molecule has 0 saturated heterocycles. The number of nitrogens with two attached hydrogens (primary N) is 1. The van der Waals surface area contributed by atoms with Gasteiger partial charge in [-0.2, -0.15) is 0 Å². The van der Waals surface area contributed by atoms with Crippen molar-refractivity contribution in [2.75, 3.05) is 6.54 Å². The van der Waals surface area contributed by atoms with E-state index < -0.39 is 23.9 Å². The fourth-order valence-electron chi connectivity index (χ4n) is 0.966. The second kappa shape index (κ2) is 7.98. The largest absolute Gasteiger partial charge is 0.480 e. The average Bonchev–Trinajstić information content (AvgIpc) is 2.23. The van der Waals surface area contributed by atoms with E-state index in [-0.39, 0.29) is 19.4 Å². The molecule has 0 rings (SSSR count). The number of carboxylic acids is 1. The summed E-state index contributed by atoms with van der Waals surface area (Å²) in [5.41, 5.74) is 4.89. The van der Waals surface area contributed by atoms with Gasteiger partial charge in [0.2, 0.25) is 5.91 Å². The van der Waals surface area contributed by atoms with Crippen molar-refractivity contribution in [1.29, 1.82) is 0 Å². The number of amides is 3. The van der Waals surface area contributed by atoms with Gasteiger partial charge in [0.1, 0.15) is 6.04 Å². The topological polar surface area (TPSA) is 122 Å². The molecule has 5 N–H and O–H groups in total. The van der Waals surface area contributed by atoms with Crippen molar-refractivity contribution >= 4 is 17.9 Å². The highest BCUT2D eigenvalue weighted by atomic mass is 16.4. The zero-order chi connectivity index (χ0) is 13.3. The Bertz CT molecular complexity index is 356. The second-order valence-corrected chi connectivity index (χ2v) is 3.15. The lowest BCUT2D eigenvalue weighted by Gasteiger charge is -2.13. The van der Waals surface area contributed by atoms with Crippen LogP contribution in [0, 0.1) is 11.8 Å². The van der Waals surface area contributed by atoms with Gasteiger partial charge in [0.05, 0.1) is 6.54 Å². The first kappa shape index (κ1) is 14.8. The lowest BCUT2D eigenvalue weighted by atomic mass is 10.1. The maximum atomic E-state index is 11.2. The number of aliphatic carboxylic acids is 1. The third-order valence-electron chi connectivity index (χ3n) is 1.80. The summed E-state index contributed by atoms with van der Waals surface area (Å²) in [6.07, 6.45) is -0.149. The molecule has 0 aliphatic carbocycles. The van der Waals surface area contributed by atoms with Gasteiger partial charge in [-0.3, -0.25) is 4.79 Å². The van der Waals surface area contributed by atoms with Crippen LogP contribution >= 0.6 is 0 Å². The van der Waals surface area contributed by atoms with E-state index in [0.717, 1.165) is 0 Å². The minimum atomic E-state index is -1.22. The molecular formula is C10H15N3O4. The average molecular weight is 241 g/mol. The van der Waals surface area contributed by atoms with Crippen molar-refractivity contribution < 1.29 is 19.5 Å². The highest BCUT2D eigenvalue weighted by molar-refractivity contribution is 5.83. The third-order valence-corrected chi connectivity index (χ3v) is 1.80. The molecule has 0 unspecified atom stereocenters. The normalized spacial score (nSPS) is 10.6. The Morgan fingerprint density at radius 2 is 2.06 bits per heavy atom. The molecule has 0 aromatic rings. The number of carboxylic acid groups (broad SMARTS) is 1. The lowest BCUT2D eigenvalue weighted by molar-refractivity contribution is -0.139. The van der Waals surface area contributed by atoms with Gasteiger partial charge < -0.3 is 21.5 Å². The van der Waals surface area contributed by atoms with Crippen LogP contribution in [0.15, 0.2) is 0 Å². The number of nitrogens with one attached hydrogen (secondary N) is 2. The van der Waals surface area contributed by atoms with Crippen molar-refractivity contribution in [3.8, 4) is 11.8 Å². The first-order chi connectivity index (χ1) is 7.97. The summed E-state index contributed by atoms with van der Waals surface area (Å²) in [4.78, 5) is 32.5. The molecule has 0 aliphatic rings. The zero-order valence-corrected chi connectivity index (χ0v) is 9.45. The summed E-state index contributed by atoms with van der Waals surface area (Å²) in [7, 11) is 0. The van der Waals surface area contributed by atoms with Crippen molar-refractivity contribution in [2.24, 2.45) is 5.73 Å². The number of primary amides is 1. The molecule has 0 aliphatic heterocycles. The minimum Gasteiger partial charge on any atom is -0.480 e. The molecule has 1 atom stereocenters.